The fourth-order valence-electron chi connectivity index (χ4n) is 1.87. The van der Waals surface area contributed by atoms with E-state index in [1.807, 2.05) is 0 Å². The third-order valence-corrected chi connectivity index (χ3v) is 3.39. The molecule has 23 heavy (non-hydrogen) atoms. The van der Waals surface area contributed by atoms with Crippen LogP contribution >= 0.6 is 0 Å². The van der Waals surface area contributed by atoms with E-state index >= 15 is 0 Å². The number of carbonyl (C=O) groups is 3. The molecule has 0 fully saturated rings. The van der Waals surface area contributed by atoms with Crippen molar-refractivity contribution in [2.24, 2.45) is 5.41 Å². The van der Waals surface area contributed by atoms with Crippen molar-refractivity contribution in [3.05, 3.63) is 0 Å². The average Bonchev–Trinajstić information content (AvgIpc) is 2.49. The second kappa shape index (κ2) is 10.2. The van der Waals surface area contributed by atoms with E-state index < -0.39 is 29.9 Å². The van der Waals surface area contributed by atoms with Crippen LogP contribution in [0.5, 0.6) is 0 Å². The molecule has 7 heteroatoms. The summed E-state index contributed by atoms with van der Waals surface area (Å²) in [4.78, 5) is 35.4. The van der Waals surface area contributed by atoms with Crippen molar-refractivity contribution in [3.63, 3.8) is 0 Å². The Morgan fingerprint density at radius 3 is 2.09 bits per heavy atom. The lowest BCUT2D eigenvalue weighted by Gasteiger charge is -2.23. The van der Waals surface area contributed by atoms with E-state index in [4.69, 9.17) is 0 Å². The minimum absolute atomic E-state index is 0.0932. The largest absolute Gasteiger partial charge is 0.469 e. The summed E-state index contributed by atoms with van der Waals surface area (Å²) in [6.45, 7) is 8.62. The van der Waals surface area contributed by atoms with Crippen LogP contribution < -0.4 is 10.6 Å². The molecule has 0 saturated heterocycles. The minimum atomic E-state index is -0.747. The molecule has 0 aliphatic heterocycles. The zero-order chi connectivity index (χ0) is 18.0. The van der Waals surface area contributed by atoms with Gasteiger partial charge in [0.1, 0.15) is 6.04 Å². The molecular weight excluding hydrogens is 300 g/mol. The normalized spacial score (nSPS) is 13.8. The Hall–Kier alpha value is -1.63. The Morgan fingerprint density at radius 1 is 1.04 bits per heavy atom. The van der Waals surface area contributed by atoms with Crippen molar-refractivity contribution >= 4 is 17.8 Å². The van der Waals surface area contributed by atoms with E-state index in [1.165, 1.54) is 14.2 Å². The van der Waals surface area contributed by atoms with Gasteiger partial charge in [0.15, 0.2) is 0 Å². The van der Waals surface area contributed by atoms with Gasteiger partial charge in [-0.2, -0.15) is 0 Å². The van der Waals surface area contributed by atoms with Crippen LogP contribution in [0.4, 0.5) is 0 Å². The van der Waals surface area contributed by atoms with E-state index in [9.17, 15) is 14.4 Å². The number of ether oxygens (including phenoxy) is 2. The molecule has 0 aromatic heterocycles. The fraction of sp³-hybridized carbons (Fsp3) is 0.812. The first-order chi connectivity index (χ1) is 10.6. The number of nitrogens with one attached hydrogen (secondary N) is 2. The van der Waals surface area contributed by atoms with Gasteiger partial charge >= 0.3 is 11.9 Å². The third-order valence-electron chi connectivity index (χ3n) is 3.39. The first kappa shape index (κ1) is 21.4. The third kappa shape index (κ3) is 9.18. The summed E-state index contributed by atoms with van der Waals surface area (Å²) in [5.74, 6) is -1.41. The Kier molecular flexibility index (Phi) is 9.48. The molecule has 0 rings (SSSR count). The van der Waals surface area contributed by atoms with Gasteiger partial charge in [-0.05, 0) is 24.8 Å². The van der Waals surface area contributed by atoms with Crippen molar-refractivity contribution in [3.8, 4) is 0 Å². The quantitative estimate of drug-likeness (QED) is 0.613. The van der Waals surface area contributed by atoms with Gasteiger partial charge < -0.3 is 20.1 Å². The van der Waals surface area contributed by atoms with Crippen LogP contribution in [0.25, 0.3) is 0 Å². The first-order valence-electron chi connectivity index (χ1n) is 7.83. The van der Waals surface area contributed by atoms with Crippen LogP contribution in [0.3, 0.4) is 0 Å². The smallest absolute Gasteiger partial charge is 0.328 e. The van der Waals surface area contributed by atoms with Gasteiger partial charge in [0.2, 0.25) is 5.91 Å². The second-order valence-corrected chi connectivity index (χ2v) is 6.59. The van der Waals surface area contributed by atoms with Gasteiger partial charge in [-0.25, -0.2) is 4.79 Å². The molecule has 2 N–H and O–H groups in total. The van der Waals surface area contributed by atoms with Crippen molar-refractivity contribution in [1.82, 2.24) is 10.6 Å². The molecule has 0 aromatic carbocycles. The van der Waals surface area contributed by atoms with Gasteiger partial charge in [0.25, 0.3) is 0 Å². The van der Waals surface area contributed by atoms with Crippen molar-refractivity contribution in [1.29, 1.82) is 0 Å². The molecule has 0 aliphatic rings. The molecule has 0 saturated carbocycles. The number of methoxy groups -OCH3 is 2. The Balaban J connectivity index is 4.78. The average molecular weight is 330 g/mol. The lowest BCUT2D eigenvalue weighted by atomic mass is 9.92. The lowest BCUT2D eigenvalue weighted by Crippen LogP contribution is -2.51. The van der Waals surface area contributed by atoms with Crippen molar-refractivity contribution in [2.45, 2.75) is 59.0 Å². The highest BCUT2D eigenvalue weighted by atomic mass is 16.5. The van der Waals surface area contributed by atoms with E-state index in [0.29, 0.717) is 13.0 Å². The van der Waals surface area contributed by atoms with Crippen LogP contribution in [-0.4, -0.2) is 50.7 Å². The molecule has 0 aromatic rings. The van der Waals surface area contributed by atoms with Crippen molar-refractivity contribution < 1.29 is 23.9 Å². The molecule has 2 atom stereocenters. The monoisotopic (exact) mass is 330 g/mol. The topological polar surface area (TPSA) is 93.7 Å². The van der Waals surface area contributed by atoms with Crippen LogP contribution in [0, 0.1) is 5.41 Å². The van der Waals surface area contributed by atoms with Crippen LogP contribution in [0.15, 0.2) is 0 Å². The van der Waals surface area contributed by atoms with Gasteiger partial charge in [-0.3, -0.25) is 9.59 Å². The molecule has 0 bridgehead atoms. The lowest BCUT2D eigenvalue weighted by molar-refractivity contribution is -0.146. The molecule has 0 aliphatic carbocycles. The van der Waals surface area contributed by atoms with Gasteiger partial charge in [0.05, 0.1) is 26.7 Å². The number of amides is 1. The summed E-state index contributed by atoms with van der Waals surface area (Å²) in [5.41, 5.74) is 0.108. The Bertz CT molecular complexity index is 404. The Morgan fingerprint density at radius 2 is 1.65 bits per heavy atom. The highest BCUT2D eigenvalue weighted by molar-refractivity contribution is 5.90. The van der Waals surface area contributed by atoms with E-state index in [-0.39, 0.29) is 11.8 Å². The highest BCUT2D eigenvalue weighted by Crippen LogP contribution is 2.17. The minimum Gasteiger partial charge on any atom is -0.469 e. The summed E-state index contributed by atoms with van der Waals surface area (Å²) in [7, 11) is 2.54. The predicted molar refractivity (Wildman–Crippen MR) is 86.7 cm³/mol. The number of hydrogen-bond donors (Lipinski definition) is 2. The number of rotatable bonds is 9. The van der Waals surface area contributed by atoms with Crippen LogP contribution in [0.1, 0.15) is 47.0 Å². The predicted octanol–water partition coefficient (Wildman–Crippen LogP) is 1.01. The summed E-state index contributed by atoms with van der Waals surface area (Å²) in [6, 6.07) is -1.47. The van der Waals surface area contributed by atoms with E-state index in [2.05, 4.69) is 40.9 Å². The molecule has 0 radical (unpaired) electrons. The Labute approximate surface area is 138 Å². The second-order valence-electron chi connectivity index (χ2n) is 6.59. The van der Waals surface area contributed by atoms with Gasteiger partial charge in [-0.1, -0.05) is 27.7 Å². The molecule has 7 nitrogen and oxygen atoms in total. The number of hydrogen-bond acceptors (Lipinski definition) is 6. The van der Waals surface area contributed by atoms with Gasteiger partial charge in [0, 0.05) is 0 Å². The molecule has 1 amide bonds. The van der Waals surface area contributed by atoms with Crippen LogP contribution in [-0.2, 0) is 23.9 Å². The molecule has 0 spiro atoms. The summed E-state index contributed by atoms with van der Waals surface area (Å²) >= 11 is 0. The molecule has 0 heterocycles. The maximum atomic E-state index is 12.4. The maximum absolute atomic E-state index is 12.4. The highest BCUT2D eigenvalue weighted by Gasteiger charge is 2.27. The summed E-state index contributed by atoms with van der Waals surface area (Å²) in [5, 5.41) is 5.67. The zero-order valence-electron chi connectivity index (χ0n) is 15.0. The standard InChI is InChI=1S/C16H30N2O5/c1-7-11(15(21)23-6)18-14(20)12(10-13(19)22-5)17-9-8-16(2,3)4/h11-12,17H,7-10H2,1-6H3,(H,18,20). The van der Waals surface area contributed by atoms with Crippen LogP contribution in [0.2, 0.25) is 0 Å². The first-order valence-corrected chi connectivity index (χ1v) is 7.83. The summed E-state index contributed by atoms with van der Waals surface area (Å²) < 4.78 is 9.27. The maximum Gasteiger partial charge on any atom is 0.328 e. The number of esters is 2. The van der Waals surface area contributed by atoms with Crippen molar-refractivity contribution in [2.75, 3.05) is 20.8 Å². The molecular formula is C16H30N2O5. The molecule has 134 valence electrons. The molecule has 2 unspecified atom stereocenters. The number of carbonyl (C=O) groups excluding carboxylic acids is 3. The SMILES string of the molecule is CCC(NC(=O)C(CC(=O)OC)NCCC(C)(C)C)C(=O)OC. The fourth-order valence-corrected chi connectivity index (χ4v) is 1.87. The van der Waals surface area contributed by atoms with E-state index in [1.54, 1.807) is 6.92 Å². The van der Waals surface area contributed by atoms with Gasteiger partial charge in [-0.15, -0.1) is 0 Å². The zero-order valence-corrected chi connectivity index (χ0v) is 15.0. The van der Waals surface area contributed by atoms with E-state index in [0.717, 1.165) is 6.42 Å². The summed E-state index contributed by atoms with van der Waals surface area (Å²) in [6.07, 6.45) is 1.15.